The smallest absolute Gasteiger partial charge is 0.123 e. The quantitative estimate of drug-likeness (QED) is 0.772. The molecule has 1 aromatic rings. The maximum atomic E-state index is 12.8. The van der Waals surface area contributed by atoms with E-state index in [1.165, 1.54) is 31.5 Å². The maximum absolute atomic E-state index is 12.8. The summed E-state index contributed by atoms with van der Waals surface area (Å²) in [5.74, 6) is 1.45. The van der Waals surface area contributed by atoms with Gasteiger partial charge >= 0.3 is 0 Å². The predicted octanol–water partition coefficient (Wildman–Crippen LogP) is 3.69. The van der Waals surface area contributed by atoms with E-state index in [9.17, 15) is 4.39 Å². The van der Waals surface area contributed by atoms with E-state index in [0.717, 1.165) is 18.4 Å². The Kier molecular flexibility index (Phi) is 4.16. The van der Waals surface area contributed by atoms with Crippen LogP contribution >= 0.6 is 0 Å². The molecule has 0 spiro atoms. The number of halogens is 1. The monoisotopic (exact) mass is 235 g/mol. The zero-order chi connectivity index (χ0) is 12.3. The minimum atomic E-state index is -0.146. The van der Waals surface area contributed by atoms with Gasteiger partial charge in [-0.15, -0.1) is 0 Å². The Morgan fingerprint density at radius 3 is 2.65 bits per heavy atom. The fourth-order valence-electron chi connectivity index (χ4n) is 2.63. The molecule has 2 heteroatoms. The molecule has 0 amide bonds. The lowest BCUT2D eigenvalue weighted by Gasteiger charge is -2.34. The summed E-state index contributed by atoms with van der Waals surface area (Å²) in [4.78, 5) is 2.50. The molecule has 1 nitrogen and oxygen atoms in total. The summed E-state index contributed by atoms with van der Waals surface area (Å²) in [7, 11) is 0. The Labute approximate surface area is 104 Å². The molecule has 1 aromatic carbocycles. The van der Waals surface area contributed by atoms with Crippen molar-refractivity contribution in [3.05, 3.63) is 35.6 Å². The Hall–Kier alpha value is -0.890. The Balaban J connectivity index is 1.92. The minimum absolute atomic E-state index is 0.146. The molecule has 1 unspecified atom stereocenters. The normalized spacial score (nSPS) is 22.0. The van der Waals surface area contributed by atoms with Crippen LogP contribution in [0.4, 0.5) is 4.39 Å². The van der Waals surface area contributed by atoms with Crippen molar-refractivity contribution in [1.29, 1.82) is 0 Å². The van der Waals surface area contributed by atoms with Gasteiger partial charge in [0, 0.05) is 13.1 Å². The summed E-state index contributed by atoms with van der Waals surface area (Å²) in [6.07, 6.45) is 2.65. The van der Waals surface area contributed by atoms with Crippen molar-refractivity contribution in [2.75, 3.05) is 13.1 Å². The summed E-state index contributed by atoms with van der Waals surface area (Å²) in [5.41, 5.74) is 1.22. The highest BCUT2D eigenvalue weighted by atomic mass is 19.1. The fourth-order valence-corrected chi connectivity index (χ4v) is 2.63. The SMILES string of the molecule is CC(C)C1CCCN(Cc2ccc(F)cc2)C1. The van der Waals surface area contributed by atoms with Gasteiger partial charge in [-0.1, -0.05) is 26.0 Å². The van der Waals surface area contributed by atoms with Crippen LogP contribution in [0, 0.1) is 17.7 Å². The second-order valence-electron chi connectivity index (χ2n) is 5.51. The average Bonchev–Trinajstić information content (AvgIpc) is 2.32. The third-order valence-corrected chi connectivity index (χ3v) is 3.80. The van der Waals surface area contributed by atoms with Crippen LogP contribution in [0.5, 0.6) is 0 Å². The van der Waals surface area contributed by atoms with Crippen molar-refractivity contribution in [3.8, 4) is 0 Å². The van der Waals surface area contributed by atoms with Gasteiger partial charge in [0.25, 0.3) is 0 Å². The van der Waals surface area contributed by atoms with Crippen molar-refractivity contribution in [3.63, 3.8) is 0 Å². The van der Waals surface area contributed by atoms with Gasteiger partial charge in [0.05, 0.1) is 0 Å². The highest BCUT2D eigenvalue weighted by molar-refractivity contribution is 5.15. The first kappa shape index (κ1) is 12.6. The number of hydrogen-bond donors (Lipinski definition) is 0. The molecular weight excluding hydrogens is 213 g/mol. The Morgan fingerprint density at radius 2 is 2.00 bits per heavy atom. The molecule has 1 aliphatic rings. The minimum Gasteiger partial charge on any atom is -0.299 e. The van der Waals surface area contributed by atoms with E-state index in [2.05, 4.69) is 18.7 Å². The van der Waals surface area contributed by atoms with Gasteiger partial charge in [0.2, 0.25) is 0 Å². The van der Waals surface area contributed by atoms with Crippen molar-refractivity contribution in [1.82, 2.24) is 4.90 Å². The van der Waals surface area contributed by atoms with Crippen LogP contribution in [0.25, 0.3) is 0 Å². The molecule has 1 saturated heterocycles. The second-order valence-corrected chi connectivity index (χ2v) is 5.51. The molecule has 1 heterocycles. The molecule has 0 aromatic heterocycles. The third-order valence-electron chi connectivity index (χ3n) is 3.80. The molecule has 0 N–H and O–H groups in total. The van der Waals surface area contributed by atoms with Crippen molar-refractivity contribution >= 4 is 0 Å². The van der Waals surface area contributed by atoms with Crippen LogP contribution in [-0.4, -0.2) is 18.0 Å². The summed E-state index contributed by atoms with van der Waals surface area (Å²) >= 11 is 0. The van der Waals surface area contributed by atoms with Gasteiger partial charge in [-0.05, 0) is 48.9 Å². The Bertz CT molecular complexity index is 344. The molecular formula is C15H22FN. The first-order valence-electron chi connectivity index (χ1n) is 6.62. The van der Waals surface area contributed by atoms with Crippen LogP contribution < -0.4 is 0 Å². The standard InChI is InChI=1S/C15H22FN/c1-12(2)14-4-3-9-17(11-14)10-13-5-7-15(16)8-6-13/h5-8,12,14H,3-4,9-11H2,1-2H3. The van der Waals surface area contributed by atoms with Crippen LogP contribution in [0.1, 0.15) is 32.3 Å². The van der Waals surface area contributed by atoms with Crippen molar-refractivity contribution < 1.29 is 4.39 Å². The van der Waals surface area contributed by atoms with Gasteiger partial charge in [-0.2, -0.15) is 0 Å². The zero-order valence-corrected chi connectivity index (χ0v) is 10.8. The lowest BCUT2D eigenvalue weighted by atomic mass is 9.88. The molecule has 1 fully saturated rings. The highest BCUT2D eigenvalue weighted by Crippen LogP contribution is 2.24. The van der Waals surface area contributed by atoms with Crippen molar-refractivity contribution in [2.45, 2.75) is 33.2 Å². The number of benzene rings is 1. The molecule has 0 aliphatic carbocycles. The van der Waals surface area contributed by atoms with Gasteiger partial charge in [0.15, 0.2) is 0 Å². The summed E-state index contributed by atoms with van der Waals surface area (Å²) in [6.45, 7) is 7.96. The molecule has 1 aliphatic heterocycles. The molecule has 17 heavy (non-hydrogen) atoms. The van der Waals surface area contributed by atoms with Gasteiger partial charge < -0.3 is 0 Å². The van der Waals surface area contributed by atoms with Crippen LogP contribution in [-0.2, 0) is 6.54 Å². The maximum Gasteiger partial charge on any atom is 0.123 e. The first-order chi connectivity index (χ1) is 8.15. The number of nitrogens with zero attached hydrogens (tertiary/aromatic N) is 1. The topological polar surface area (TPSA) is 3.24 Å². The van der Waals surface area contributed by atoms with E-state index in [1.54, 1.807) is 12.1 Å². The van der Waals surface area contributed by atoms with E-state index >= 15 is 0 Å². The molecule has 0 radical (unpaired) electrons. The molecule has 0 saturated carbocycles. The lowest BCUT2D eigenvalue weighted by Crippen LogP contribution is -2.36. The van der Waals surface area contributed by atoms with E-state index in [4.69, 9.17) is 0 Å². The predicted molar refractivity (Wildman–Crippen MR) is 69.2 cm³/mol. The summed E-state index contributed by atoms with van der Waals surface area (Å²) in [5, 5.41) is 0. The molecule has 94 valence electrons. The number of piperidine rings is 1. The van der Waals surface area contributed by atoms with E-state index < -0.39 is 0 Å². The molecule has 0 bridgehead atoms. The van der Waals surface area contributed by atoms with Crippen LogP contribution in [0.2, 0.25) is 0 Å². The highest BCUT2D eigenvalue weighted by Gasteiger charge is 2.22. The number of rotatable bonds is 3. The molecule has 1 atom stereocenters. The number of likely N-dealkylation sites (tertiary alicyclic amines) is 1. The fraction of sp³-hybridized carbons (Fsp3) is 0.600. The second kappa shape index (κ2) is 5.63. The van der Waals surface area contributed by atoms with Crippen LogP contribution in [0.15, 0.2) is 24.3 Å². The molecule has 2 rings (SSSR count). The van der Waals surface area contributed by atoms with Gasteiger partial charge in [-0.3, -0.25) is 4.90 Å². The summed E-state index contributed by atoms with van der Waals surface area (Å²) < 4.78 is 12.8. The number of hydrogen-bond acceptors (Lipinski definition) is 1. The van der Waals surface area contributed by atoms with E-state index in [-0.39, 0.29) is 5.82 Å². The zero-order valence-electron chi connectivity index (χ0n) is 10.8. The average molecular weight is 235 g/mol. The van der Waals surface area contributed by atoms with E-state index in [1.807, 2.05) is 12.1 Å². The first-order valence-corrected chi connectivity index (χ1v) is 6.62. The van der Waals surface area contributed by atoms with E-state index in [0.29, 0.717) is 0 Å². The lowest BCUT2D eigenvalue weighted by molar-refractivity contribution is 0.139. The third kappa shape index (κ3) is 3.53. The van der Waals surface area contributed by atoms with Gasteiger partial charge in [-0.25, -0.2) is 4.39 Å². The largest absolute Gasteiger partial charge is 0.299 e. The summed E-state index contributed by atoms with van der Waals surface area (Å²) in [6, 6.07) is 6.90. The Morgan fingerprint density at radius 1 is 1.29 bits per heavy atom. The van der Waals surface area contributed by atoms with Crippen molar-refractivity contribution in [2.24, 2.45) is 11.8 Å². The van der Waals surface area contributed by atoms with Crippen LogP contribution in [0.3, 0.4) is 0 Å². The van der Waals surface area contributed by atoms with Gasteiger partial charge in [0.1, 0.15) is 5.82 Å².